The molecule has 0 aromatic carbocycles. The van der Waals surface area contributed by atoms with Crippen LogP contribution in [0, 0.1) is 13.8 Å². The molecule has 1 fully saturated rings. The first kappa shape index (κ1) is 17.3. The van der Waals surface area contributed by atoms with Crippen LogP contribution in [0.3, 0.4) is 0 Å². The summed E-state index contributed by atoms with van der Waals surface area (Å²) >= 11 is 0. The van der Waals surface area contributed by atoms with Crippen molar-refractivity contribution >= 4 is 20.0 Å². The minimum atomic E-state index is -3.78. The number of aryl methyl sites for hydroxylation is 2. The van der Waals surface area contributed by atoms with E-state index in [4.69, 9.17) is 4.74 Å². The maximum Gasteiger partial charge on any atom is 0.244 e. The molecule has 0 aliphatic carbocycles. The van der Waals surface area contributed by atoms with Gasteiger partial charge >= 0.3 is 0 Å². The van der Waals surface area contributed by atoms with Crippen LogP contribution >= 0.6 is 0 Å². The molecule has 1 aliphatic rings. The number of rotatable bonds is 6. The van der Waals surface area contributed by atoms with Crippen molar-refractivity contribution in [2.24, 2.45) is 0 Å². The van der Waals surface area contributed by atoms with E-state index in [1.165, 1.54) is 4.31 Å². The average molecular weight is 352 g/mol. The van der Waals surface area contributed by atoms with Gasteiger partial charge in [0.1, 0.15) is 4.90 Å². The molecule has 0 bridgehead atoms. The Labute approximate surface area is 130 Å². The summed E-state index contributed by atoms with van der Waals surface area (Å²) in [6.45, 7) is 4.30. The van der Waals surface area contributed by atoms with Gasteiger partial charge in [0, 0.05) is 19.6 Å². The first-order chi connectivity index (χ1) is 10.2. The predicted molar refractivity (Wildman–Crippen MR) is 79.4 cm³/mol. The monoisotopic (exact) mass is 352 g/mol. The smallest absolute Gasteiger partial charge is 0.244 e. The fraction of sp³-hybridized carbons (Fsp3) is 0.727. The molecule has 0 saturated carbocycles. The number of H-pyrrole nitrogens is 1. The Hall–Kier alpha value is -1.01. The minimum Gasteiger partial charge on any atom is -0.379 e. The lowest BCUT2D eigenvalue weighted by Crippen LogP contribution is -2.43. The van der Waals surface area contributed by atoms with E-state index in [0.717, 1.165) is 0 Å². The summed E-state index contributed by atoms with van der Waals surface area (Å²) < 4.78 is 57.3. The summed E-state index contributed by atoms with van der Waals surface area (Å²) in [5, 5.41) is 6.42. The summed E-state index contributed by atoms with van der Waals surface area (Å²) in [7, 11) is -7.27. The van der Waals surface area contributed by atoms with Gasteiger partial charge in [0.15, 0.2) is 0 Å². The zero-order valence-corrected chi connectivity index (χ0v) is 14.1. The van der Waals surface area contributed by atoms with E-state index in [9.17, 15) is 16.8 Å². The summed E-state index contributed by atoms with van der Waals surface area (Å²) in [5.74, 6) is -0.290. The topological polar surface area (TPSA) is 121 Å². The van der Waals surface area contributed by atoms with Gasteiger partial charge in [-0.05, 0) is 13.8 Å². The van der Waals surface area contributed by atoms with Gasteiger partial charge in [0.25, 0.3) is 0 Å². The van der Waals surface area contributed by atoms with Crippen molar-refractivity contribution in [1.82, 2.24) is 19.2 Å². The zero-order valence-electron chi connectivity index (χ0n) is 12.5. The quantitative estimate of drug-likeness (QED) is 0.675. The Morgan fingerprint density at radius 1 is 1.23 bits per heavy atom. The molecule has 0 unspecified atom stereocenters. The third-order valence-corrected chi connectivity index (χ3v) is 6.94. The highest BCUT2D eigenvalue weighted by Crippen LogP contribution is 2.16. The van der Waals surface area contributed by atoms with Gasteiger partial charge in [-0.15, -0.1) is 0 Å². The SMILES string of the molecule is Cc1n[nH]c(C)c1S(=O)(=O)NCCS(=O)(=O)N1CCOCC1. The zero-order chi connectivity index (χ0) is 16.4. The maximum absolute atomic E-state index is 12.2. The Morgan fingerprint density at radius 3 is 2.41 bits per heavy atom. The normalized spacial score (nSPS) is 17.7. The minimum absolute atomic E-state index is 0.0660. The molecule has 126 valence electrons. The van der Waals surface area contributed by atoms with Crippen LogP contribution in [-0.4, -0.2) is 69.9 Å². The summed E-state index contributed by atoms with van der Waals surface area (Å²) in [4.78, 5) is 0.0660. The van der Waals surface area contributed by atoms with E-state index in [2.05, 4.69) is 14.9 Å². The van der Waals surface area contributed by atoms with Crippen LogP contribution in [0.1, 0.15) is 11.4 Å². The lowest BCUT2D eigenvalue weighted by molar-refractivity contribution is 0.0730. The molecule has 0 radical (unpaired) electrons. The molecule has 1 aromatic heterocycles. The molecule has 0 atom stereocenters. The third-order valence-electron chi connectivity index (χ3n) is 3.34. The fourth-order valence-electron chi connectivity index (χ4n) is 2.27. The highest BCUT2D eigenvalue weighted by Gasteiger charge is 2.26. The molecule has 1 saturated heterocycles. The lowest BCUT2D eigenvalue weighted by Gasteiger charge is -2.26. The first-order valence-corrected chi connectivity index (χ1v) is 9.90. The van der Waals surface area contributed by atoms with E-state index in [-0.39, 0.29) is 17.2 Å². The van der Waals surface area contributed by atoms with Crippen molar-refractivity contribution in [2.75, 3.05) is 38.6 Å². The van der Waals surface area contributed by atoms with Crippen LogP contribution in [0.4, 0.5) is 0 Å². The first-order valence-electron chi connectivity index (χ1n) is 6.81. The van der Waals surface area contributed by atoms with Crippen molar-refractivity contribution in [2.45, 2.75) is 18.7 Å². The molecule has 1 aliphatic heterocycles. The fourth-order valence-corrected chi connectivity index (χ4v) is 5.12. The molecule has 0 amide bonds. The number of hydrogen-bond donors (Lipinski definition) is 2. The van der Waals surface area contributed by atoms with Gasteiger partial charge in [-0.25, -0.2) is 21.6 Å². The molecular formula is C11H20N4O5S2. The largest absolute Gasteiger partial charge is 0.379 e. The van der Waals surface area contributed by atoms with Crippen molar-refractivity contribution in [3.63, 3.8) is 0 Å². The molecular weight excluding hydrogens is 332 g/mol. The Morgan fingerprint density at radius 2 is 1.86 bits per heavy atom. The van der Waals surface area contributed by atoms with E-state index in [1.54, 1.807) is 13.8 Å². The standard InChI is InChI=1S/C11H20N4O5S2/c1-9-11(10(2)14-13-9)22(18,19)12-3-8-21(16,17)15-4-6-20-7-5-15/h12H,3-8H2,1-2H3,(H,13,14). The summed E-state index contributed by atoms with van der Waals surface area (Å²) in [6.07, 6.45) is 0. The molecule has 2 heterocycles. The van der Waals surface area contributed by atoms with Gasteiger partial charge in [-0.1, -0.05) is 0 Å². The maximum atomic E-state index is 12.2. The van der Waals surface area contributed by atoms with Crippen LogP contribution in [-0.2, 0) is 24.8 Å². The van der Waals surface area contributed by atoms with Gasteiger partial charge in [-0.2, -0.15) is 9.40 Å². The van der Waals surface area contributed by atoms with Crippen molar-refractivity contribution in [3.8, 4) is 0 Å². The van der Waals surface area contributed by atoms with Gasteiger partial charge in [0.05, 0.1) is 30.4 Å². The van der Waals surface area contributed by atoms with Crippen LogP contribution in [0.2, 0.25) is 0 Å². The predicted octanol–water partition coefficient (Wildman–Crippen LogP) is -1.03. The molecule has 11 heteroatoms. The second kappa shape index (κ2) is 6.62. The summed E-state index contributed by atoms with van der Waals surface area (Å²) in [6, 6.07) is 0. The second-order valence-electron chi connectivity index (χ2n) is 4.99. The van der Waals surface area contributed by atoms with Crippen LogP contribution in [0.25, 0.3) is 0 Å². The number of morpholine rings is 1. The third kappa shape index (κ3) is 3.84. The molecule has 9 nitrogen and oxygen atoms in total. The number of aromatic nitrogens is 2. The highest BCUT2D eigenvalue weighted by atomic mass is 32.2. The Balaban J connectivity index is 1.98. The lowest BCUT2D eigenvalue weighted by atomic mass is 10.4. The average Bonchev–Trinajstić information content (AvgIpc) is 2.79. The summed E-state index contributed by atoms with van der Waals surface area (Å²) in [5.41, 5.74) is 0.766. The number of ether oxygens (including phenoxy) is 1. The van der Waals surface area contributed by atoms with E-state index in [0.29, 0.717) is 37.7 Å². The van der Waals surface area contributed by atoms with Crippen molar-refractivity contribution in [1.29, 1.82) is 0 Å². The number of nitrogens with one attached hydrogen (secondary N) is 2. The van der Waals surface area contributed by atoms with Crippen molar-refractivity contribution < 1.29 is 21.6 Å². The number of aromatic amines is 1. The Bertz CT molecular complexity index is 700. The molecule has 2 N–H and O–H groups in total. The van der Waals surface area contributed by atoms with Gasteiger partial charge in [0.2, 0.25) is 20.0 Å². The molecule has 2 rings (SSSR count). The molecule has 0 spiro atoms. The Kier molecular flexibility index (Phi) is 5.22. The van der Waals surface area contributed by atoms with Crippen LogP contribution in [0.5, 0.6) is 0 Å². The number of sulfonamides is 2. The van der Waals surface area contributed by atoms with E-state index < -0.39 is 20.0 Å². The van der Waals surface area contributed by atoms with Crippen LogP contribution < -0.4 is 4.72 Å². The number of nitrogens with zero attached hydrogens (tertiary/aromatic N) is 2. The highest BCUT2D eigenvalue weighted by molar-refractivity contribution is 7.90. The van der Waals surface area contributed by atoms with Crippen molar-refractivity contribution in [3.05, 3.63) is 11.4 Å². The van der Waals surface area contributed by atoms with E-state index >= 15 is 0 Å². The number of hydrogen-bond acceptors (Lipinski definition) is 6. The van der Waals surface area contributed by atoms with Gasteiger partial charge < -0.3 is 4.74 Å². The molecule has 1 aromatic rings. The van der Waals surface area contributed by atoms with Gasteiger partial charge in [-0.3, -0.25) is 5.10 Å². The van der Waals surface area contributed by atoms with Crippen LogP contribution in [0.15, 0.2) is 4.90 Å². The van der Waals surface area contributed by atoms with E-state index in [1.807, 2.05) is 0 Å². The molecule has 22 heavy (non-hydrogen) atoms. The second-order valence-corrected chi connectivity index (χ2v) is 8.78.